The Bertz CT molecular complexity index is 1160. The van der Waals surface area contributed by atoms with E-state index in [9.17, 15) is 14.9 Å². The van der Waals surface area contributed by atoms with Gasteiger partial charge in [-0.15, -0.1) is 0 Å². The standard InChI is InChI=1S/C21H15N3O5S/c1-28-16-8-4-14(5-9-16)22-21-23-20(25)19(30-21)12-17-10-11-18(29-17)13-2-6-15(7-3-13)24(26)27/h2-12H,1H3,(H,22,23,25). The Balaban J connectivity index is 1.50. The number of carbonyl (C=O) groups is 1. The summed E-state index contributed by atoms with van der Waals surface area (Å²) in [5.74, 6) is 1.50. The third kappa shape index (κ3) is 4.26. The van der Waals surface area contributed by atoms with Gasteiger partial charge in [-0.3, -0.25) is 14.9 Å². The van der Waals surface area contributed by atoms with Crippen LogP contribution in [0.25, 0.3) is 17.4 Å². The summed E-state index contributed by atoms with van der Waals surface area (Å²) in [5, 5.41) is 14.0. The van der Waals surface area contributed by atoms with E-state index in [2.05, 4.69) is 10.3 Å². The average molecular weight is 421 g/mol. The molecule has 1 amide bonds. The lowest BCUT2D eigenvalue weighted by Crippen LogP contribution is -2.19. The molecule has 1 fully saturated rings. The molecule has 9 heteroatoms. The molecule has 8 nitrogen and oxygen atoms in total. The van der Waals surface area contributed by atoms with E-state index in [0.717, 1.165) is 5.75 Å². The summed E-state index contributed by atoms with van der Waals surface area (Å²) >= 11 is 1.21. The molecule has 1 aromatic heterocycles. The number of thioether (sulfide) groups is 1. The third-order valence-electron chi connectivity index (χ3n) is 4.22. The highest BCUT2D eigenvalue weighted by atomic mass is 32.2. The lowest BCUT2D eigenvalue weighted by Gasteiger charge is -1.99. The molecular weight excluding hydrogens is 406 g/mol. The summed E-state index contributed by atoms with van der Waals surface area (Å²) in [6.45, 7) is 0. The molecule has 0 aliphatic carbocycles. The summed E-state index contributed by atoms with van der Waals surface area (Å²) in [5.41, 5.74) is 1.41. The lowest BCUT2D eigenvalue weighted by molar-refractivity contribution is -0.384. The fourth-order valence-corrected chi connectivity index (χ4v) is 3.54. The van der Waals surface area contributed by atoms with Gasteiger partial charge in [0.1, 0.15) is 17.3 Å². The molecule has 2 heterocycles. The number of aliphatic imine (C=N–C) groups is 1. The van der Waals surface area contributed by atoms with Crippen LogP contribution in [0, 0.1) is 10.1 Å². The van der Waals surface area contributed by atoms with Gasteiger partial charge in [-0.2, -0.15) is 0 Å². The van der Waals surface area contributed by atoms with Crippen molar-refractivity contribution >= 4 is 40.3 Å². The number of nitro groups is 1. The van der Waals surface area contributed by atoms with Gasteiger partial charge in [0.2, 0.25) is 0 Å². The van der Waals surface area contributed by atoms with Gasteiger partial charge in [0.25, 0.3) is 11.6 Å². The molecule has 1 aliphatic rings. The molecule has 2 aromatic carbocycles. The monoisotopic (exact) mass is 421 g/mol. The quantitative estimate of drug-likeness (QED) is 0.362. The Kier molecular flexibility index (Phi) is 5.36. The summed E-state index contributed by atoms with van der Waals surface area (Å²) in [6, 6.07) is 16.7. The van der Waals surface area contributed by atoms with Crippen molar-refractivity contribution in [2.24, 2.45) is 4.99 Å². The predicted molar refractivity (Wildman–Crippen MR) is 115 cm³/mol. The molecule has 0 radical (unpaired) electrons. The zero-order valence-electron chi connectivity index (χ0n) is 15.7. The number of hydrogen-bond donors (Lipinski definition) is 1. The Morgan fingerprint density at radius 1 is 1.10 bits per heavy atom. The number of furan rings is 1. The number of hydrogen-bond acceptors (Lipinski definition) is 7. The van der Waals surface area contributed by atoms with Crippen LogP contribution in [0.1, 0.15) is 5.76 Å². The number of ether oxygens (including phenoxy) is 1. The van der Waals surface area contributed by atoms with Crippen LogP contribution in [0.3, 0.4) is 0 Å². The number of carbonyl (C=O) groups excluding carboxylic acids is 1. The fourth-order valence-electron chi connectivity index (χ4n) is 2.72. The van der Waals surface area contributed by atoms with Crippen LogP contribution in [0.4, 0.5) is 11.4 Å². The molecular formula is C21H15N3O5S. The van der Waals surface area contributed by atoms with Crippen molar-refractivity contribution in [3.63, 3.8) is 0 Å². The molecule has 0 atom stereocenters. The number of rotatable bonds is 5. The molecule has 4 rings (SSSR count). The van der Waals surface area contributed by atoms with E-state index in [-0.39, 0.29) is 11.6 Å². The smallest absolute Gasteiger partial charge is 0.269 e. The van der Waals surface area contributed by atoms with Crippen molar-refractivity contribution in [2.45, 2.75) is 0 Å². The first-order chi connectivity index (χ1) is 14.5. The van der Waals surface area contributed by atoms with Gasteiger partial charge in [0.05, 0.1) is 22.6 Å². The number of amides is 1. The highest BCUT2D eigenvalue weighted by Crippen LogP contribution is 2.30. The van der Waals surface area contributed by atoms with E-state index < -0.39 is 4.92 Å². The van der Waals surface area contributed by atoms with Gasteiger partial charge in [-0.1, -0.05) is 0 Å². The maximum absolute atomic E-state index is 12.3. The molecule has 0 bridgehead atoms. The van der Waals surface area contributed by atoms with E-state index in [1.807, 2.05) is 0 Å². The number of non-ortho nitro benzene ring substituents is 1. The van der Waals surface area contributed by atoms with Gasteiger partial charge in [0.15, 0.2) is 5.17 Å². The van der Waals surface area contributed by atoms with Crippen LogP contribution >= 0.6 is 11.8 Å². The van der Waals surface area contributed by atoms with Gasteiger partial charge in [-0.25, -0.2) is 4.99 Å². The van der Waals surface area contributed by atoms with Crippen molar-refractivity contribution in [1.82, 2.24) is 5.32 Å². The van der Waals surface area contributed by atoms with E-state index in [1.54, 1.807) is 61.7 Å². The van der Waals surface area contributed by atoms with Crippen molar-refractivity contribution in [3.8, 4) is 17.1 Å². The highest BCUT2D eigenvalue weighted by Gasteiger charge is 2.24. The lowest BCUT2D eigenvalue weighted by atomic mass is 10.1. The van der Waals surface area contributed by atoms with E-state index in [4.69, 9.17) is 9.15 Å². The Morgan fingerprint density at radius 2 is 1.83 bits per heavy atom. The van der Waals surface area contributed by atoms with Crippen molar-refractivity contribution in [2.75, 3.05) is 7.11 Å². The Labute approximate surface area is 175 Å². The first-order valence-corrected chi connectivity index (χ1v) is 9.62. The number of nitrogens with zero attached hydrogens (tertiary/aromatic N) is 2. The first kappa shape index (κ1) is 19.5. The van der Waals surface area contributed by atoms with Crippen LogP contribution in [0.15, 0.2) is 75.0 Å². The second kappa shape index (κ2) is 8.26. The van der Waals surface area contributed by atoms with Crippen LogP contribution in [0.5, 0.6) is 5.75 Å². The van der Waals surface area contributed by atoms with E-state index in [0.29, 0.717) is 32.8 Å². The summed E-state index contributed by atoms with van der Waals surface area (Å²) < 4.78 is 10.9. The summed E-state index contributed by atoms with van der Waals surface area (Å²) in [4.78, 5) is 27.4. The molecule has 0 saturated carbocycles. The molecule has 3 aromatic rings. The minimum Gasteiger partial charge on any atom is -0.497 e. The van der Waals surface area contributed by atoms with Crippen molar-refractivity contribution in [1.29, 1.82) is 0 Å². The number of nitrogens with one attached hydrogen (secondary N) is 1. The van der Waals surface area contributed by atoms with Crippen LogP contribution in [-0.2, 0) is 4.79 Å². The van der Waals surface area contributed by atoms with E-state index >= 15 is 0 Å². The van der Waals surface area contributed by atoms with Gasteiger partial charge in [-0.05, 0) is 60.3 Å². The molecule has 30 heavy (non-hydrogen) atoms. The number of methoxy groups -OCH3 is 1. The number of nitro benzene ring substituents is 1. The van der Waals surface area contributed by atoms with Crippen molar-refractivity contribution < 1.29 is 18.9 Å². The molecule has 1 aliphatic heterocycles. The third-order valence-corrected chi connectivity index (χ3v) is 5.13. The maximum Gasteiger partial charge on any atom is 0.269 e. The molecule has 150 valence electrons. The SMILES string of the molecule is COc1ccc(N=C2NC(=O)C(=Cc3ccc(-c4ccc([N+](=O)[O-])cc4)o3)S2)cc1. The maximum atomic E-state index is 12.3. The molecule has 0 spiro atoms. The number of amidine groups is 1. The van der Waals surface area contributed by atoms with Gasteiger partial charge >= 0.3 is 0 Å². The largest absolute Gasteiger partial charge is 0.497 e. The molecule has 0 unspecified atom stereocenters. The van der Waals surface area contributed by atoms with Crippen LogP contribution < -0.4 is 10.1 Å². The fraction of sp³-hybridized carbons (Fsp3) is 0.0476. The first-order valence-electron chi connectivity index (χ1n) is 8.80. The zero-order chi connectivity index (χ0) is 21.1. The topological polar surface area (TPSA) is 107 Å². The summed E-state index contributed by atoms with van der Waals surface area (Å²) in [7, 11) is 1.59. The van der Waals surface area contributed by atoms with Crippen molar-refractivity contribution in [3.05, 3.63) is 81.4 Å². The predicted octanol–water partition coefficient (Wildman–Crippen LogP) is 4.76. The summed E-state index contributed by atoms with van der Waals surface area (Å²) in [6.07, 6.45) is 1.63. The molecule has 1 N–H and O–H groups in total. The van der Waals surface area contributed by atoms with Gasteiger partial charge < -0.3 is 14.5 Å². The minimum atomic E-state index is -0.456. The Morgan fingerprint density at radius 3 is 2.50 bits per heavy atom. The van der Waals surface area contributed by atoms with Gasteiger partial charge in [0, 0.05) is 23.8 Å². The van der Waals surface area contributed by atoms with Crippen LogP contribution in [-0.4, -0.2) is 23.1 Å². The normalized spacial score (nSPS) is 16.1. The molecule has 1 saturated heterocycles. The van der Waals surface area contributed by atoms with Crippen LogP contribution in [0.2, 0.25) is 0 Å². The second-order valence-electron chi connectivity index (χ2n) is 6.19. The highest BCUT2D eigenvalue weighted by molar-refractivity contribution is 8.18. The zero-order valence-corrected chi connectivity index (χ0v) is 16.5. The average Bonchev–Trinajstić information content (AvgIpc) is 3.35. The van der Waals surface area contributed by atoms with E-state index in [1.165, 1.54) is 23.9 Å². The minimum absolute atomic E-state index is 0.00958. The Hall–Kier alpha value is -3.85. The second-order valence-corrected chi connectivity index (χ2v) is 7.22. The number of benzene rings is 2.